The molecule has 0 saturated carbocycles. The molecule has 0 heterocycles. The average Bonchev–Trinajstić information content (AvgIpc) is 2.47. The van der Waals surface area contributed by atoms with Crippen molar-refractivity contribution in [3.8, 4) is 5.75 Å². The summed E-state index contributed by atoms with van der Waals surface area (Å²) in [6.07, 6.45) is 1.42. The molecule has 0 bridgehead atoms. The third kappa shape index (κ3) is 5.38. The fraction of sp³-hybridized carbons (Fsp3) is 0.588. The topological polar surface area (TPSA) is 58.6 Å². The van der Waals surface area contributed by atoms with Gasteiger partial charge in [0, 0.05) is 11.6 Å². The molecule has 0 radical (unpaired) electrons. The summed E-state index contributed by atoms with van der Waals surface area (Å²) in [6.45, 7) is 7.71. The van der Waals surface area contributed by atoms with Gasteiger partial charge in [0.2, 0.25) is 0 Å². The molecule has 0 fully saturated rings. The van der Waals surface area contributed by atoms with Crippen molar-refractivity contribution in [1.82, 2.24) is 5.32 Å². The number of aliphatic hydroxyl groups is 1. The smallest absolute Gasteiger partial charge is 0.260 e. The second-order valence-corrected chi connectivity index (χ2v) is 5.42. The molecule has 1 rings (SSSR count). The van der Waals surface area contributed by atoms with Gasteiger partial charge in [-0.05, 0) is 32.8 Å². The maximum atomic E-state index is 12.1. The van der Waals surface area contributed by atoms with Crippen LogP contribution in [0.2, 0.25) is 0 Å². The Balaban J connectivity index is 2.70. The summed E-state index contributed by atoms with van der Waals surface area (Å²) < 4.78 is 5.74. The molecule has 0 aromatic heterocycles. The maximum absolute atomic E-state index is 12.1. The lowest BCUT2D eigenvalue weighted by Gasteiger charge is -2.21. The van der Waals surface area contributed by atoms with Gasteiger partial charge in [0.15, 0.2) is 6.10 Å². The Kier molecular flexibility index (Phi) is 7.23. The van der Waals surface area contributed by atoms with Crippen LogP contribution in [0.4, 0.5) is 0 Å². The molecule has 4 heteroatoms. The highest BCUT2D eigenvalue weighted by Gasteiger charge is 2.19. The molecule has 21 heavy (non-hydrogen) atoms. The molecule has 2 N–H and O–H groups in total. The second kappa shape index (κ2) is 8.67. The van der Waals surface area contributed by atoms with Crippen LogP contribution < -0.4 is 10.1 Å². The van der Waals surface area contributed by atoms with E-state index in [1.807, 2.05) is 32.0 Å². The van der Waals surface area contributed by atoms with E-state index >= 15 is 0 Å². The summed E-state index contributed by atoms with van der Waals surface area (Å²) in [6, 6.07) is 7.45. The predicted octanol–water partition coefficient (Wildman–Crippen LogP) is 3.20. The van der Waals surface area contributed by atoms with Gasteiger partial charge in [-0.3, -0.25) is 4.79 Å². The summed E-state index contributed by atoms with van der Waals surface area (Å²) in [7, 11) is 0. The molecule has 0 aliphatic carbocycles. The van der Waals surface area contributed by atoms with E-state index in [0.29, 0.717) is 12.2 Å². The predicted molar refractivity (Wildman–Crippen MR) is 84.3 cm³/mol. The van der Waals surface area contributed by atoms with Crippen molar-refractivity contribution in [3.05, 3.63) is 29.8 Å². The number of carbonyl (C=O) groups is 1. The van der Waals surface area contributed by atoms with Crippen molar-refractivity contribution in [2.75, 3.05) is 0 Å². The van der Waals surface area contributed by atoms with Crippen molar-refractivity contribution >= 4 is 5.91 Å². The molecule has 1 aromatic carbocycles. The minimum absolute atomic E-state index is 0.128. The number of benzene rings is 1. The van der Waals surface area contributed by atoms with E-state index in [9.17, 15) is 9.90 Å². The Bertz CT molecular complexity index is 447. The number of hydrogen-bond acceptors (Lipinski definition) is 3. The number of aliphatic hydroxyl groups excluding tert-OH is 1. The molecule has 3 atom stereocenters. The average molecular weight is 293 g/mol. The van der Waals surface area contributed by atoms with Gasteiger partial charge in [-0.1, -0.05) is 38.5 Å². The van der Waals surface area contributed by atoms with Crippen LogP contribution in [-0.2, 0) is 4.79 Å². The minimum Gasteiger partial charge on any atom is -0.481 e. The zero-order valence-electron chi connectivity index (χ0n) is 13.4. The lowest BCUT2D eigenvalue weighted by Crippen LogP contribution is -2.41. The number of para-hydroxylation sites is 1. The van der Waals surface area contributed by atoms with Crippen LogP contribution in [-0.4, -0.2) is 23.2 Å². The first-order valence-electron chi connectivity index (χ1n) is 7.73. The van der Waals surface area contributed by atoms with Gasteiger partial charge in [0.05, 0.1) is 6.10 Å². The molecule has 0 aliphatic heterocycles. The summed E-state index contributed by atoms with van der Waals surface area (Å²) >= 11 is 0. The van der Waals surface area contributed by atoms with Crippen LogP contribution in [0.25, 0.3) is 0 Å². The molecule has 118 valence electrons. The van der Waals surface area contributed by atoms with E-state index in [4.69, 9.17) is 4.74 Å². The summed E-state index contributed by atoms with van der Waals surface area (Å²) in [5.41, 5.74) is 0.723. The van der Waals surface area contributed by atoms with E-state index in [-0.39, 0.29) is 11.9 Å². The van der Waals surface area contributed by atoms with E-state index in [2.05, 4.69) is 12.2 Å². The van der Waals surface area contributed by atoms with Gasteiger partial charge >= 0.3 is 0 Å². The second-order valence-electron chi connectivity index (χ2n) is 5.42. The van der Waals surface area contributed by atoms with Gasteiger partial charge < -0.3 is 15.2 Å². The zero-order valence-corrected chi connectivity index (χ0v) is 13.4. The Labute approximate surface area is 127 Å². The fourth-order valence-corrected chi connectivity index (χ4v) is 2.19. The third-order valence-electron chi connectivity index (χ3n) is 3.45. The van der Waals surface area contributed by atoms with Crippen molar-refractivity contribution in [1.29, 1.82) is 0 Å². The highest BCUT2D eigenvalue weighted by atomic mass is 16.5. The van der Waals surface area contributed by atoms with E-state index < -0.39 is 12.2 Å². The summed E-state index contributed by atoms with van der Waals surface area (Å²) in [5, 5.41) is 12.9. The number of ether oxygens (including phenoxy) is 1. The normalized spacial score (nSPS) is 15.1. The molecule has 1 amide bonds. The molecular formula is C17H27NO3. The van der Waals surface area contributed by atoms with Gasteiger partial charge in [-0.25, -0.2) is 0 Å². The SMILES string of the molecule is CCCC(C)NC(=O)C(C)Oc1ccccc1[C@@H](O)CC. The number of rotatable bonds is 8. The van der Waals surface area contributed by atoms with Crippen molar-refractivity contribution in [2.45, 2.75) is 65.2 Å². The number of carbonyl (C=O) groups excluding carboxylic acids is 1. The standard InChI is InChI=1S/C17H27NO3/c1-5-9-12(3)18-17(20)13(4)21-16-11-8-7-10-14(16)15(19)6-2/h7-8,10-13,15,19H,5-6,9H2,1-4H3,(H,18,20)/t12?,13?,15-/m0/s1. The molecule has 0 aliphatic rings. The Morgan fingerprint density at radius 2 is 1.95 bits per heavy atom. The lowest BCUT2D eigenvalue weighted by atomic mass is 10.1. The molecular weight excluding hydrogens is 266 g/mol. The van der Waals surface area contributed by atoms with Crippen LogP contribution in [0, 0.1) is 0 Å². The van der Waals surface area contributed by atoms with Crippen molar-refractivity contribution < 1.29 is 14.6 Å². The lowest BCUT2D eigenvalue weighted by molar-refractivity contribution is -0.128. The van der Waals surface area contributed by atoms with Crippen molar-refractivity contribution in [2.24, 2.45) is 0 Å². The van der Waals surface area contributed by atoms with Crippen LogP contribution in [0.1, 0.15) is 58.6 Å². The molecule has 1 aromatic rings. The number of nitrogens with one attached hydrogen (secondary N) is 1. The molecule has 0 saturated heterocycles. The first-order chi connectivity index (χ1) is 9.99. The Hall–Kier alpha value is -1.55. The zero-order chi connectivity index (χ0) is 15.8. The quantitative estimate of drug-likeness (QED) is 0.774. The first kappa shape index (κ1) is 17.5. The maximum Gasteiger partial charge on any atom is 0.260 e. The highest BCUT2D eigenvalue weighted by molar-refractivity contribution is 5.81. The minimum atomic E-state index is -0.588. The van der Waals surface area contributed by atoms with Crippen LogP contribution in [0.5, 0.6) is 5.75 Å². The van der Waals surface area contributed by atoms with Gasteiger partial charge in [0.25, 0.3) is 5.91 Å². The first-order valence-corrected chi connectivity index (χ1v) is 7.73. The molecule has 0 spiro atoms. The van der Waals surface area contributed by atoms with Gasteiger partial charge in [-0.15, -0.1) is 0 Å². The number of hydrogen-bond donors (Lipinski definition) is 2. The van der Waals surface area contributed by atoms with E-state index in [1.54, 1.807) is 13.0 Å². The van der Waals surface area contributed by atoms with Gasteiger partial charge in [-0.2, -0.15) is 0 Å². The fourth-order valence-electron chi connectivity index (χ4n) is 2.19. The summed E-state index contributed by atoms with van der Waals surface area (Å²) in [5.74, 6) is 0.439. The van der Waals surface area contributed by atoms with Gasteiger partial charge in [0.1, 0.15) is 5.75 Å². The molecule has 4 nitrogen and oxygen atoms in total. The Morgan fingerprint density at radius 1 is 1.29 bits per heavy atom. The monoisotopic (exact) mass is 293 g/mol. The number of amides is 1. The molecule has 2 unspecified atom stereocenters. The Morgan fingerprint density at radius 3 is 2.57 bits per heavy atom. The van der Waals surface area contributed by atoms with E-state index in [0.717, 1.165) is 18.4 Å². The van der Waals surface area contributed by atoms with Crippen LogP contribution in [0.15, 0.2) is 24.3 Å². The van der Waals surface area contributed by atoms with E-state index in [1.165, 1.54) is 0 Å². The van der Waals surface area contributed by atoms with Crippen LogP contribution in [0.3, 0.4) is 0 Å². The third-order valence-corrected chi connectivity index (χ3v) is 3.45. The van der Waals surface area contributed by atoms with Crippen LogP contribution >= 0.6 is 0 Å². The van der Waals surface area contributed by atoms with Crippen molar-refractivity contribution in [3.63, 3.8) is 0 Å². The largest absolute Gasteiger partial charge is 0.481 e. The highest BCUT2D eigenvalue weighted by Crippen LogP contribution is 2.27. The summed E-state index contributed by atoms with van der Waals surface area (Å²) in [4.78, 5) is 12.1.